The molecule has 1 aliphatic heterocycles. The first-order valence-electron chi connectivity index (χ1n) is 9.84. The third-order valence-corrected chi connectivity index (χ3v) is 6.80. The van der Waals surface area contributed by atoms with Gasteiger partial charge < -0.3 is 10.2 Å². The molecule has 1 atom stereocenters. The molecule has 2 aliphatic rings. The Labute approximate surface area is 164 Å². The number of amides is 2. The van der Waals surface area contributed by atoms with Crippen LogP contribution in [0.3, 0.4) is 0 Å². The van der Waals surface area contributed by atoms with E-state index in [4.69, 9.17) is 0 Å². The Morgan fingerprint density at radius 1 is 1.22 bits per heavy atom. The number of nitrogens with one attached hydrogen (secondary N) is 1. The highest BCUT2D eigenvalue weighted by Gasteiger charge is 2.31. The van der Waals surface area contributed by atoms with Gasteiger partial charge in [-0.05, 0) is 62.6 Å². The van der Waals surface area contributed by atoms with Gasteiger partial charge in [0.1, 0.15) is 5.00 Å². The monoisotopic (exact) mass is 382 g/mol. The van der Waals surface area contributed by atoms with Gasteiger partial charge in [-0.15, -0.1) is 11.3 Å². The van der Waals surface area contributed by atoms with E-state index in [1.54, 1.807) is 11.3 Å². The van der Waals surface area contributed by atoms with Crippen LogP contribution in [0.15, 0.2) is 24.3 Å². The largest absolute Gasteiger partial charge is 0.339 e. The highest BCUT2D eigenvalue weighted by molar-refractivity contribution is 7.17. The van der Waals surface area contributed by atoms with Crippen molar-refractivity contribution >= 4 is 28.2 Å². The number of hydrogen-bond donors (Lipinski definition) is 1. The molecule has 2 amide bonds. The lowest BCUT2D eigenvalue weighted by atomic mass is 9.88. The van der Waals surface area contributed by atoms with Crippen LogP contribution in [0.25, 0.3) is 0 Å². The summed E-state index contributed by atoms with van der Waals surface area (Å²) in [6, 6.07) is 7.57. The Kier molecular flexibility index (Phi) is 5.04. The average Bonchev–Trinajstić information content (AvgIpc) is 3.28. The van der Waals surface area contributed by atoms with E-state index < -0.39 is 0 Å². The van der Waals surface area contributed by atoms with Crippen molar-refractivity contribution in [3.63, 3.8) is 0 Å². The third kappa shape index (κ3) is 3.65. The number of anilines is 1. The summed E-state index contributed by atoms with van der Waals surface area (Å²) in [6.07, 6.45) is 5.18. The molecule has 4 nitrogen and oxygen atoms in total. The maximum absolute atomic E-state index is 13.2. The minimum Gasteiger partial charge on any atom is -0.339 e. The molecule has 27 heavy (non-hydrogen) atoms. The van der Waals surface area contributed by atoms with Gasteiger partial charge in [-0.2, -0.15) is 0 Å². The predicted octanol–water partition coefficient (Wildman–Crippen LogP) is 4.67. The van der Waals surface area contributed by atoms with Gasteiger partial charge >= 0.3 is 0 Å². The van der Waals surface area contributed by atoms with Crippen LogP contribution < -0.4 is 5.32 Å². The summed E-state index contributed by atoms with van der Waals surface area (Å²) < 4.78 is 0. The van der Waals surface area contributed by atoms with Gasteiger partial charge in [0.2, 0.25) is 0 Å². The first kappa shape index (κ1) is 18.2. The summed E-state index contributed by atoms with van der Waals surface area (Å²) >= 11 is 1.60. The van der Waals surface area contributed by atoms with E-state index in [9.17, 15) is 9.59 Å². The van der Waals surface area contributed by atoms with E-state index in [0.29, 0.717) is 11.5 Å². The lowest BCUT2D eigenvalue weighted by Crippen LogP contribution is -2.29. The van der Waals surface area contributed by atoms with Crippen LogP contribution in [-0.2, 0) is 12.8 Å². The minimum atomic E-state index is -0.138. The van der Waals surface area contributed by atoms with Crippen LogP contribution in [0.1, 0.15) is 62.9 Å². The number of carbonyl (C=O) groups is 2. The molecule has 4 rings (SSSR count). The Morgan fingerprint density at radius 3 is 2.74 bits per heavy atom. The summed E-state index contributed by atoms with van der Waals surface area (Å²) in [7, 11) is 0. The van der Waals surface area contributed by atoms with Crippen molar-refractivity contribution in [3.8, 4) is 0 Å². The number of rotatable bonds is 3. The van der Waals surface area contributed by atoms with Crippen molar-refractivity contribution in [2.75, 3.05) is 18.4 Å². The Morgan fingerprint density at radius 2 is 2.00 bits per heavy atom. The third-order valence-electron chi connectivity index (χ3n) is 5.63. The fraction of sp³-hybridized carbons (Fsp3) is 0.455. The second kappa shape index (κ2) is 7.47. The average molecular weight is 383 g/mol. The highest BCUT2D eigenvalue weighted by Crippen LogP contribution is 2.40. The lowest BCUT2D eigenvalue weighted by Gasteiger charge is -2.21. The van der Waals surface area contributed by atoms with Gasteiger partial charge in [-0.25, -0.2) is 0 Å². The quantitative estimate of drug-likeness (QED) is 0.839. The maximum Gasteiger partial charge on any atom is 0.257 e. The van der Waals surface area contributed by atoms with Gasteiger partial charge in [-0.1, -0.05) is 24.6 Å². The molecule has 142 valence electrons. The van der Waals surface area contributed by atoms with E-state index >= 15 is 0 Å². The minimum absolute atomic E-state index is 0.0964. The molecule has 5 heteroatoms. The van der Waals surface area contributed by atoms with E-state index in [-0.39, 0.29) is 11.8 Å². The van der Waals surface area contributed by atoms with Crippen molar-refractivity contribution in [1.82, 2.24) is 4.90 Å². The number of hydrogen-bond acceptors (Lipinski definition) is 3. The van der Waals surface area contributed by atoms with Crippen LogP contribution in [0, 0.1) is 12.8 Å². The molecule has 1 aromatic carbocycles. The Hall–Kier alpha value is -2.14. The molecule has 1 N–H and O–H groups in total. The summed E-state index contributed by atoms with van der Waals surface area (Å²) in [6.45, 7) is 5.89. The number of fused-ring (bicyclic) bond motifs is 1. The van der Waals surface area contributed by atoms with E-state index in [1.165, 1.54) is 10.4 Å². The number of carbonyl (C=O) groups excluding carboxylic acids is 2. The van der Waals surface area contributed by atoms with E-state index in [0.717, 1.165) is 61.3 Å². The molecule has 1 fully saturated rings. The number of aryl methyl sites for hydroxylation is 1. The fourth-order valence-corrected chi connectivity index (χ4v) is 5.50. The van der Waals surface area contributed by atoms with Crippen LogP contribution in [-0.4, -0.2) is 29.8 Å². The first-order valence-corrected chi connectivity index (χ1v) is 10.7. The topological polar surface area (TPSA) is 49.4 Å². The SMILES string of the molecule is Cc1cccc(C(=O)Nc2sc3c(c2C(=O)N2CCCC2)CC[C@H](C)C3)c1. The zero-order chi connectivity index (χ0) is 19.0. The summed E-state index contributed by atoms with van der Waals surface area (Å²) in [5.41, 5.74) is 3.61. The van der Waals surface area contributed by atoms with Gasteiger partial charge in [0, 0.05) is 23.5 Å². The van der Waals surface area contributed by atoms with Crippen LogP contribution in [0.5, 0.6) is 0 Å². The maximum atomic E-state index is 13.2. The van der Waals surface area contributed by atoms with E-state index in [2.05, 4.69) is 12.2 Å². The van der Waals surface area contributed by atoms with Crippen LogP contribution >= 0.6 is 11.3 Å². The molecule has 0 unspecified atom stereocenters. The zero-order valence-corrected chi connectivity index (χ0v) is 16.8. The fourth-order valence-electron chi connectivity index (χ4n) is 4.11. The second-order valence-electron chi connectivity index (χ2n) is 7.88. The zero-order valence-electron chi connectivity index (χ0n) is 16.0. The number of thiophene rings is 1. The molecule has 2 aromatic rings. The van der Waals surface area contributed by atoms with Crippen molar-refractivity contribution in [1.29, 1.82) is 0 Å². The highest BCUT2D eigenvalue weighted by atomic mass is 32.1. The van der Waals surface area contributed by atoms with Gasteiger partial charge in [-0.3, -0.25) is 9.59 Å². The van der Waals surface area contributed by atoms with Gasteiger partial charge in [0.05, 0.1) is 5.56 Å². The Bertz CT molecular complexity index is 880. The summed E-state index contributed by atoms with van der Waals surface area (Å²) in [5, 5.41) is 3.80. The smallest absolute Gasteiger partial charge is 0.257 e. The second-order valence-corrected chi connectivity index (χ2v) is 8.98. The Balaban J connectivity index is 1.68. The number of likely N-dealkylation sites (tertiary alicyclic amines) is 1. The van der Waals surface area contributed by atoms with Gasteiger partial charge in [0.25, 0.3) is 11.8 Å². The van der Waals surface area contributed by atoms with Gasteiger partial charge in [0.15, 0.2) is 0 Å². The molecule has 0 radical (unpaired) electrons. The first-order chi connectivity index (χ1) is 13.0. The standard InChI is InChI=1S/C22H26N2O2S/c1-14-6-5-7-16(12-14)20(25)23-21-19(22(26)24-10-3-4-11-24)17-9-8-15(2)13-18(17)27-21/h5-7,12,15H,3-4,8-11,13H2,1-2H3,(H,23,25)/t15-/m0/s1. The van der Waals surface area contributed by atoms with Crippen LogP contribution in [0.2, 0.25) is 0 Å². The summed E-state index contributed by atoms with van der Waals surface area (Å²) in [5.74, 6) is 0.589. The van der Waals surface area contributed by atoms with Crippen molar-refractivity contribution in [3.05, 3.63) is 51.4 Å². The van der Waals surface area contributed by atoms with E-state index in [1.807, 2.05) is 36.1 Å². The van der Waals surface area contributed by atoms with Crippen molar-refractivity contribution in [2.45, 2.75) is 46.0 Å². The summed E-state index contributed by atoms with van der Waals surface area (Å²) in [4.78, 5) is 29.3. The van der Waals surface area contributed by atoms with Crippen molar-refractivity contribution < 1.29 is 9.59 Å². The number of benzene rings is 1. The normalized spacial score (nSPS) is 19.0. The molecule has 1 saturated heterocycles. The molecule has 1 aromatic heterocycles. The number of nitrogens with zero attached hydrogens (tertiary/aromatic N) is 1. The molecule has 2 heterocycles. The molecular weight excluding hydrogens is 356 g/mol. The molecular formula is C22H26N2O2S. The molecule has 0 bridgehead atoms. The van der Waals surface area contributed by atoms with Crippen molar-refractivity contribution in [2.24, 2.45) is 5.92 Å². The lowest BCUT2D eigenvalue weighted by molar-refractivity contribution is 0.0793. The molecule has 0 saturated carbocycles. The predicted molar refractivity (Wildman–Crippen MR) is 110 cm³/mol. The molecule has 1 aliphatic carbocycles. The molecule has 0 spiro atoms. The van der Waals surface area contributed by atoms with Crippen LogP contribution in [0.4, 0.5) is 5.00 Å².